The maximum absolute atomic E-state index is 12.5. The molecule has 0 aliphatic heterocycles. The first-order chi connectivity index (χ1) is 13.1. The number of carbonyl (C=O) groups excluding carboxylic acids is 2. The van der Waals surface area contributed by atoms with E-state index in [2.05, 4.69) is 5.32 Å². The number of benzene rings is 2. The molecule has 0 fully saturated rings. The second-order valence-corrected chi connectivity index (χ2v) is 6.57. The van der Waals surface area contributed by atoms with Crippen LogP contribution in [0.4, 0.5) is 18.9 Å². The molecule has 0 saturated heterocycles. The molecule has 5 nitrogen and oxygen atoms in total. The van der Waals surface area contributed by atoms with Crippen LogP contribution in [0, 0.1) is 5.92 Å². The Morgan fingerprint density at radius 1 is 1.10 bits per heavy atom. The van der Waals surface area contributed by atoms with E-state index < -0.39 is 24.0 Å². The molecular weight excluding hydrogens is 407 g/mol. The van der Waals surface area contributed by atoms with Crippen molar-refractivity contribution in [3.8, 4) is 0 Å². The number of hydrogen-bond donors (Lipinski definition) is 2. The number of hydrogen-bond acceptors (Lipinski definition) is 3. The molecule has 158 valence electrons. The number of rotatable bonds is 6. The molecule has 9 heteroatoms. The summed E-state index contributed by atoms with van der Waals surface area (Å²) in [4.78, 5) is 24.3. The molecule has 0 aromatic heterocycles. The molecule has 2 aromatic rings. The normalized spacial score (nSPS) is 13.0. The fourth-order valence-corrected chi connectivity index (χ4v) is 2.69. The zero-order valence-electron chi connectivity index (χ0n) is 15.9. The lowest BCUT2D eigenvalue weighted by molar-refractivity contribution is -0.184. The van der Waals surface area contributed by atoms with Gasteiger partial charge in [-0.1, -0.05) is 49.4 Å². The molecule has 0 radical (unpaired) electrons. The zero-order valence-corrected chi connectivity index (χ0v) is 16.8. The number of carbonyl (C=O) groups is 2. The Balaban J connectivity index is 0.00000420. The molecule has 0 bridgehead atoms. The summed E-state index contributed by atoms with van der Waals surface area (Å²) in [6.45, 7) is 1.47. The highest BCUT2D eigenvalue weighted by molar-refractivity contribution is 5.93. The van der Waals surface area contributed by atoms with Gasteiger partial charge in [-0.15, -0.1) is 12.4 Å². The topological polar surface area (TPSA) is 75.4 Å². The maximum atomic E-state index is 12.5. The van der Waals surface area contributed by atoms with E-state index in [1.165, 1.54) is 6.07 Å². The highest BCUT2D eigenvalue weighted by Gasteiger charge is 2.41. The van der Waals surface area contributed by atoms with Crippen LogP contribution in [0.2, 0.25) is 0 Å². The van der Waals surface area contributed by atoms with E-state index in [4.69, 9.17) is 5.73 Å². The first kappa shape index (κ1) is 24.5. The smallest absolute Gasteiger partial charge is 0.334 e. The number of nitrogens with two attached hydrogens (primary N) is 1. The number of nitrogens with one attached hydrogen (secondary N) is 1. The fraction of sp³-hybridized carbons (Fsp3) is 0.300. The van der Waals surface area contributed by atoms with Crippen molar-refractivity contribution < 1.29 is 22.8 Å². The van der Waals surface area contributed by atoms with E-state index in [-0.39, 0.29) is 24.9 Å². The third-order valence-electron chi connectivity index (χ3n) is 4.34. The Morgan fingerprint density at radius 2 is 1.72 bits per heavy atom. The molecule has 0 aliphatic rings. The van der Waals surface area contributed by atoms with Crippen LogP contribution in [-0.2, 0) is 16.1 Å². The highest BCUT2D eigenvalue weighted by atomic mass is 35.5. The van der Waals surface area contributed by atoms with Crippen LogP contribution < -0.4 is 11.1 Å². The summed E-state index contributed by atoms with van der Waals surface area (Å²) in [6.07, 6.45) is -4.93. The SMILES string of the molecule is CC(C(=O)Nc1cccc(CN(C)C(=O)C(F)(F)F)c1)C(N)c1ccccc1.Cl. The van der Waals surface area contributed by atoms with Crippen LogP contribution in [0.25, 0.3) is 0 Å². The maximum Gasteiger partial charge on any atom is 0.471 e. The van der Waals surface area contributed by atoms with Gasteiger partial charge in [0.25, 0.3) is 0 Å². The standard InChI is InChI=1S/C20H22F3N3O2.ClH/c1-13(17(24)15-8-4-3-5-9-15)18(27)25-16-10-6-7-14(11-16)12-26(2)19(28)20(21,22)23;/h3-11,13,17H,12,24H2,1-2H3,(H,25,27);1H. The fourth-order valence-electron chi connectivity index (χ4n) is 2.69. The lowest BCUT2D eigenvalue weighted by atomic mass is 9.94. The first-order valence-corrected chi connectivity index (χ1v) is 8.62. The zero-order chi connectivity index (χ0) is 20.9. The highest BCUT2D eigenvalue weighted by Crippen LogP contribution is 2.22. The average molecular weight is 430 g/mol. The van der Waals surface area contributed by atoms with Gasteiger partial charge in [-0.05, 0) is 23.3 Å². The number of anilines is 1. The molecule has 2 unspecified atom stereocenters. The van der Waals surface area contributed by atoms with Gasteiger partial charge in [0.2, 0.25) is 5.91 Å². The van der Waals surface area contributed by atoms with E-state index in [1.54, 1.807) is 25.1 Å². The van der Waals surface area contributed by atoms with Crippen LogP contribution >= 0.6 is 12.4 Å². The van der Waals surface area contributed by atoms with Crippen LogP contribution in [-0.4, -0.2) is 29.9 Å². The van der Waals surface area contributed by atoms with Crippen molar-refractivity contribution in [2.24, 2.45) is 11.7 Å². The monoisotopic (exact) mass is 429 g/mol. The number of halogens is 4. The predicted molar refractivity (Wildman–Crippen MR) is 107 cm³/mol. The van der Waals surface area contributed by atoms with Gasteiger partial charge in [-0.25, -0.2) is 0 Å². The van der Waals surface area contributed by atoms with Crippen LogP contribution in [0.5, 0.6) is 0 Å². The lowest BCUT2D eigenvalue weighted by Gasteiger charge is -2.21. The summed E-state index contributed by atoms with van der Waals surface area (Å²) < 4.78 is 37.5. The predicted octanol–water partition coefficient (Wildman–Crippen LogP) is 3.90. The third kappa shape index (κ3) is 6.76. The van der Waals surface area contributed by atoms with Crippen LogP contribution in [0.1, 0.15) is 24.1 Å². The van der Waals surface area contributed by atoms with Gasteiger partial charge >= 0.3 is 12.1 Å². The second-order valence-electron chi connectivity index (χ2n) is 6.57. The van der Waals surface area contributed by atoms with Gasteiger partial charge in [0.05, 0.1) is 5.92 Å². The van der Waals surface area contributed by atoms with Crippen molar-refractivity contribution in [1.29, 1.82) is 0 Å². The van der Waals surface area contributed by atoms with E-state index in [9.17, 15) is 22.8 Å². The van der Waals surface area contributed by atoms with Gasteiger partial charge < -0.3 is 16.0 Å². The number of alkyl halides is 3. The van der Waals surface area contributed by atoms with E-state index in [0.717, 1.165) is 12.6 Å². The van der Waals surface area contributed by atoms with Crippen molar-refractivity contribution in [2.45, 2.75) is 25.7 Å². The molecule has 0 spiro atoms. The molecule has 2 atom stereocenters. The van der Waals surface area contributed by atoms with Crippen molar-refractivity contribution in [3.63, 3.8) is 0 Å². The van der Waals surface area contributed by atoms with Gasteiger partial charge in [-0.2, -0.15) is 13.2 Å². The van der Waals surface area contributed by atoms with Crippen molar-refractivity contribution in [2.75, 3.05) is 12.4 Å². The third-order valence-corrected chi connectivity index (χ3v) is 4.34. The van der Waals surface area contributed by atoms with Gasteiger partial charge in [0, 0.05) is 25.3 Å². The molecule has 0 heterocycles. The Bertz CT molecular complexity index is 831. The summed E-state index contributed by atoms with van der Waals surface area (Å²) in [7, 11) is 1.07. The minimum atomic E-state index is -4.93. The first-order valence-electron chi connectivity index (χ1n) is 8.62. The van der Waals surface area contributed by atoms with E-state index in [1.807, 2.05) is 30.3 Å². The summed E-state index contributed by atoms with van der Waals surface area (Å²) in [6, 6.07) is 15.0. The molecule has 0 saturated carbocycles. The molecule has 2 amide bonds. The van der Waals surface area contributed by atoms with Gasteiger partial charge in [0.15, 0.2) is 0 Å². The summed E-state index contributed by atoms with van der Waals surface area (Å²) in [5, 5.41) is 2.72. The number of nitrogens with zero attached hydrogens (tertiary/aromatic N) is 1. The Labute approximate surface area is 173 Å². The molecule has 0 aliphatic carbocycles. The molecule has 2 rings (SSSR count). The second kappa shape index (κ2) is 10.3. The molecule has 29 heavy (non-hydrogen) atoms. The van der Waals surface area contributed by atoms with Gasteiger partial charge in [0.1, 0.15) is 0 Å². The van der Waals surface area contributed by atoms with Crippen molar-refractivity contribution >= 4 is 29.9 Å². The Morgan fingerprint density at radius 3 is 2.31 bits per heavy atom. The minimum absolute atomic E-state index is 0. The molecule has 3 N–H and O–H groups in total. The molecular formula is C20H23ClF3N3O2. The van der Waals surface area contributed by atoms with Crippen molar-refractivity contribution in [3.05, 3.63) is 65.7 Å². The average Bonchev–Trinajstić information content (AvgIpc) is 2.66. The Hall–Kier alpha value is -2.58. The quantitative estimate of drug-likeness (QED) is 0.731. The summed E-state index contributed by atoms with van der Waals surface area (Å²) in [5.74, 6) is -2.77. The number of amides is 2. The molecule has 2 aromatic carbocycles. The lowest BCUT2D eigenvalue weighted by Crippen LogP contribution is -2.37. The Kier molecular flexibility index (Phi) is 8.66. The largest absolute Gasteiger partial charge is 0.471 e. The van der Waals surface area contributed by atoms with Crippen LogP contribution in [0.15, 0.2) is 54.6 Å². The van der Waals surface area contributed by atoms with E-state index in [0.29, 0.717) is 16.2 Å². The van der Waals surface area contributed by atoms with Crippen LogP contribution in [0.3, 0.4) is 0 Å². The van der Waals surface area contributed by atoms with Crippen molar-refractivity contribution in [1.82, 2.24) is 4.90 Å². The van der Waals surface area contributed by atoms with Gasteiger partial charge in [-0.3, -0.25) is 9.59 Å². The minimum Gasteiger partial charge on any atom is -0.334 e. The van der Waals surface area contributed by atoms with E-state index >= 15 is 0 Å². The summed E-state index contributed by atoms with van der Waals surface area (Å²) >= 11 is 0. The summed E-state index contributed by atoms with van der Waals surface area (Å²) in [5.41, 5.74) is 7.85.